The number of imidazole rings is 1. The van der Waals surface area contributed by atoms with Crippen LogP contribution in [0.1, 0.15) is 0 Å². The number of sulfonamides is 1. The summed E-state index contributed by atoms with van der Waals surface area (Å²) in [5, 5.41) is 0.545. The first-order valence-electron chi connectivity index (χ1n) is 7.85. The molecule has 7 heteroatoms. The van der Waals surface area contributed by atoms with Crippen LogP contribution in [0, 0.1) is 0 Å². The van der Waals surface area contributed by atoms with Crippen molar-refractivity contribution in [2.75, 3.05) is 4.72 Å². The lowest BCUT2D eigenvalue weighted by Crippen LogP contribution is -2.12. The summed E-state index contributed by atoms with van der Waals surface area (Å²) >= 11 is 5.82. The third-order valence-corrected chi connectivity index (χ3v) is 5.57. The molecule has 130 valence electrons. The molecule has 26 heavy (non-hydrogen) atoms. The molecule has 0 bridgehead atoms. The van der Waals surface area contributed by atoms with E-state index in [2.05, 4.69) is 14.7 Å². The van der Waals surface area contributed by atoms with Crippen LogP contribution in [0.2, 0.25) is 5.02 Å². The van der Waals surface area contributed by atoms with E-state index in [0.717, 1.165) is 16.6 Å². The number of aromatic nitrogens is 2. The van der Waals surface area contributed by atoms with Crippen molar-refractivity contribution in [2.45, 2.75) is 4.90 Å². The molecule has 5 nitrogen and oxygen atoms in total. The monoisotopic (exact) mass is 383 g/mol. The van der Waals surface area contributed by atoms with Gasteiger partial charge in [0.2, 0.25) is 0 Å². The number of nitrogens with zero attached hydrogens (tertiary/aromatic N) is 1. The Kier molecular flexibility index (Phi) is 4.14. The van der Waals surface area contributed by atoms with E-state index in [9.17, 15) is 8.42 Å². The molecule has 0 fully saturated rings. The number of H-pyrrole nitrogens is 1. The Bertz CT molecular complexity index is 1130. The van der Waals surface area contributed by atoms with Gasteiger partial charge in [0.15, 0.2) is 0 Å². The Morgan fingerprint density at radius 1 is 0.885 bits per heavy atom. The van der Waals surface area contributed by atoms with Crippen LogP contribution in [0.4, 0.5) is 5.69 Å². The van der Waals surface area contributed by atoms with Crippen molar-refractivity contribution in [1.82, 2.24) is 9.97 Å². The van der Waals surface area contributed by atoms with Crippen molar-refractivity contribution >= 4 is 38.3 Å². The molecule has 0 aliphatic rings. The fourth-order valence-electron chi connectivity index (χ4n) is 2.61. The summed E-state index contributed by atoms with van der Waals surface area (Å²) < 4.78 is 27.5. The number of rotatable bonds is 4. The number of hydrogen-bond acceptors (Lipinski definition) is 3. The third kappa shape index (κ3) is 3.29. The zero-order chi connectivity index (χ0) is 18.1. The van der Waals surface area contributed by atoms with Gasteiger partial charge in [-0.3, -0.25) is 4.72 Å². The van der Waals surface area contributed by atoms with Gasteiger partial charge in [-0.25, -0.2) is 13.4 Å². The number of aromatic amines is 1. The normalized spacial score (nSPS) is 11.6. The predicted molar refractivity (Wildman–Crippen MR) is 104 cm³/mol. The minimum absolute atomic E-state index is 0.173. The summed E-state index contributed by atoms with van der Waals surface area (Å²) in [6, 6.07) is 20.8. The Morgan fingerprint density at radius 2 is 1.58 bits per heavy atom. The summed E-state index contributed by atoms with van der Waals surface area (Å²) in [7, 11) is -3.67. The van der Waals surface area contributed by atoms with Crippen LogP contribution in [0.25, 0.3) is 22.4 Å². The van der Waals surface area contributed by atoms with Gasteiger partial charge in [-0.15, -0.1) is 0 Å². The molecule has 0 unspecified atom stereocenters. The molecule has 0 aliphatic carbocycles. The van der Waals surface area contributed by atoms with Crippen molar-refractivity contribution in [3.8, 4) is 11.4 Å². The lowest BCUT2D eigenvalue weighted by atomic mass is 10.2. The van der Waals surface area contributed by atoms with Gasteiger partial charge in [0.05, 0.1) is 15.9 Å². The van der Waals surface area contributed by atoms with Crippen LogP contribution in [-0.2, 0) is 10.0 Å². The van der Waals surface area contributed by atoms with Gasteiger partial charge in [0.1, 0.15) is 5.82 Å². The first kappa shape index (κ1) is 16.6. The predicted octanol–water partition coefficient (Wildman–Crippen LogP) is 4.68. The Labute approximate surface area is 155 Å². The number of halogens is 1. The molecule has 0 atom stereocenters. The summed E-state index contributed by atoms with van der Waals surface area (Å²) in [4.78, 5) is 7.92. The average molecular weight is 384 g/mol. The van der Waals surface area contributed by atoms with Gasteiger partial charge in [0.25, 0.3) is 10.0 Å². The molecule has 0 radical (unpaired) electrons. The van der Waals surface area contributed by atoms with Crippen molar-refractivity contribution < 1.29 is 8.42 Å². The second-order valence-electron chi connectivity index (χ2n) is 5.74. The fraction of sp³-hybridized carbons (Fsp3) is 0. The molecular formula is C19H14ClN3O2S. The van der Waals surface area contributed by atoms with E-state index in [1.54, 1.807) is 48.5 Å². The first-order chi connectivity index (χ1) is 12.5. The fourth-order valence-corrected chi connectivity index (χ4v) is 3.80. The quantitative estimate of drug-likeness (QED) is 0.537. The highest BCUT2D eigenvalue weighted by molar-refractivity contribution is 7.92. The van der Waals surface area contributed by atoms with E-state index in [-0.39, 0.29) is 4.90 Å². The van der Waals surface area contributed by atoms with Crippen molar-refractivity contribution in [3.63, 3.8) is 0 Å². The maximum Gasteiger partial charge on any atom is 0.261 e. The van der Waals surface area contributed by atoms with Gasteiger partial charge >= 0.3 is 0 Å². The summed E-state index contributed by atoms with van der Waals surface area (Å²) in [5.74, 6) is 0.695. The molecule has 0 amide bonds. The number of anilines is 1. The highest BCUT2D eigenvalue weighted by Gasteiger charge is 2.15. The van der Waals surface area contributed by atoms with E-state index in [1.165, 1.54) is 0 Å². The molecule has 0 saturated heterocycles. The molecule has 3 aromatic carbocycles. The summed E-state index contributed by atoms with van der Waals surface area (Å²) in [5.41, 5.74) is 3.06. The molecular weight excluding hydrogens is 370 g/mol. The summed E-state index contributed by atoms with van der Waals surface area (Å²) in [6.45, 7) is 0. The Hall–Kier alpha value is -2.83. The van der Waals surface area contributed by atoms with E-state index in [1.807, 2.05) is 24.3 Å². The van der Waals surface area contributed by atoms with Crippen LogP contribution in [0.15, 0.2) is 77.7 Å². The molecule has 4 aromatic rings. The molecule has 2 N–H and O–H groups in total. The SMILES string of the molecule is O=S(=O)(Nc1ccc(Cl)cc1)c1ccc(-c2nc3ccccc3[nH]2)cc1. The van der Waals surface area contributed by atoms with E-state index in [0.29, 0.717) is 16.5 Å². The number of para-hydroxylation sites is 2. The third-order valence-electron chi connectivity index (χ3n) is 3.92. The molecule has 0 saturated carbocycles. The molecule has 1 aromatic heterocycles. The van der Waals surface area contributed by atoms with E-state index < -0.39 is 10.0 Å². The topological polar surface area (TPSA) is 74.8 Å². The van der Waals surface area contributed by atoms with Crippen LogP contribution < -0.4 is 4.72 Å². The zero-order valence-corrected chi connectivity index (χ0v) is 15.1. The Morgan fingerprint density at radius 3 is 2.27 bits per heavy atom. The van der Waals surface area contributed by atoms with Gasteiger partial charge in [-0.2, -0.15) is 0 Å². The highest BCUT2D eigenvalue weighted by atomic mass is 35.5. The summed E-state index contributed by atoms with van der Waals surface area (Å²) in [6.07, 6.45) is 0. The van der Waals surface area contributed by atoms with Gasteiger partial charge < -0.3 is 4.98 Å². The van der Waals surface area contributed by atoms with Crippen molar-refractivity contribution in [2.24, 2.45) is 0 Å². The minimum atomic E-state index is -3.67. The van der Waals surface area contributed by atoms with Crippen molar-refractivity contribution in [3.05, 3.63) is 77.8 Å². The second-order valence-corrected chi connectivity index (χ2v) is 7.86. The van der Waals surface area contributed by atoms with Gasteiger partial charge in [-0.05, 0) is 60.7 Å². The smallest absolute Gasteiger partial charge is 0.261 e. The van der Waals surface area contributed by atoms with Crippen LogP contribution in [0.3, 0.4) is 0 Å². The number of nitrogens with one attached hydrogen (secondary N) is 2. The van der Waals surface area contributed by atoms with E-state index in [4.69, 9.17) is 11.6 Å². The maximum absolute atomic E-state index is 12.5. The van der Waals surface area contributed by atoms with E-state index >= 15 is 0 Å². The maximum atomic E-state index is 12.5. The first-order valence-corrected chi connectivity index (χ1v) is 9.71. The minimum Gasteiger partial charge on any atom is -0.338 e. The van der Waals surface area contributed by atoms with Crippen LogP contribution in [-0.4, -0.2) is 18.4 Å². The number of benzene rings is 3. The Balaban J connectivity index is 1.61. The van der Waals surface area contributed by atoms with Gasteiger partial charge in [0, 0.05) is 16.3 Å². The molecule has 0 spiro atoms. The molecule has 1 heterocycles. The average Bonchev–Trinajstić information content (AvgIpc) is 3.08. The molecule has 0 aliphatic heterocycles. The largest absolute Gasteiger partial charge is 0.338 e. The molecule has 4 rings (SSSR count). The van der Waals surface area contributed by atoms with Gasteiger partial charge in [-0.1, -0.05) is 23.7 Å². The second kappa shape index (κ2) is 6.48. The lowest BCUT2D eigenvalue weighted by Gasteiger charge is -2.08. The van der Waals surface area contributed by atoms with Crippen molar-refractivity contribution in [1.29, 1.82) is 0 Å². The lowest BCUT2D eigenvalue weighted by molar-refractivity contribution is 0.601. The zero-order valence-electron chi connectivity index (χ0n) is 13.5. The number of fused-ring (bicyclic) bond motifs is 1. The standard InChI is InChI=1S/C19H14ClN3O2S/c20-14-7-9-15(10-8-14)23-26(24,25)16-11-5-13(6-12-16)19-21-17-3-1-2-4-18(17)22-19/h1-12,23H,(H,21,22). The van der Waals surface area contributed by atoms with Crippen LogP contribution in [0.5, 0.6) is 0 Å². The number of hydrogen-bond donors (Lipinski definition) is 2. The highest BCUT2D eigenvalue weighted by Crippen LogP contribution is 2.23. The van der Waals surface area contributed by atoms with Crippen LogP contribution >= 0.6 is 11.6 Å².